The maximum absolute atomic E-state index is 6.24. The summed E-state index contributed by atoms with van der Waals surface area (Å²) in [5.74, 6) is 0. The van der Waals surface area contributed by atoms with Gasteiger partial charge in [0.05, 0.1) is 9.83 Å². The van der Waals surface area contributed by atoms with E-state index in [0.717, 1.165) is 17.6 Å². The molecule has 2 aromatic rings. The molecular weight excluding hydrogens is 438 g/mol. The van der Waals surface area contributed by atoms with Crippen molar-refractivity contribution >= 4 is 70.5 Å². The van der Waals surface area contributed by atoms with Gasteiger partial charge >= 0.3 is 0 Å². The maximum Gasteiger partial charge on any atom is 0.0843 e. The fourth-order valence-electron chi connectivity index (χ4n) is 1.29. The van der Waals surface area contributed by atoms with Gasteiger partial charge in [-0.15, -0.1) is 22.7 Å². The van der Waals surface area contributed by atoms with Crippen LogP contribution < -0.4 is 5.73 Å². The second-order valence-electron chi connectivity index (χ2n) is 3.30. The highest BCUT2D eigenvalue weighted by molar-refractivity contribution is 9.13. The molecule has 0 fully saturated rings. The Kier molecular flexibility index (Phi) is 4.30. The standard InChI is InChI=1S/C10H8Br3NS2/c1-4-5(11)2-7(15-4)9(14)8-3-6(12)10(13)16-8/h2-3,9H,14H2,1H3. The van der Waals surface area contributed by atoms with E-state index in [4.69, 9.17) is 5.73 Å². The molecule has 16 heavy (non-hydrogen) atoms. The highest BCUT2D eigenvalue weighted by Crippen LogP contribution is 2.39. The van der Waals surface area contributed by atoms with Gasteiger partial charge in [-0.25, -0.2) is 0 Å². The molecule has 0 aliphatic rings. The second-order valence-corrected chi connectivity index (χ2v) is 8.70. The third-order valence-electron chi connectivity index (χ3n) is 2.15. The minimum Gasteiger partial charge on any atom is -0.319 e. The van der Waals surface area contributed by atoms with Crippen molar-refractivity contribution in [3.63, 3.8) is 0 Å². The zero-order valence-electron chi connectivity index (χ0n) is 8.26. The summed E-state index contributed by atoms with van der Waals surface area (Å²) in [5, 5.41) is 0. The summed E-state index contributed by atoms with van der Waals surface area (Å²) in [6.45, 7) is 2.09. The van der Waals surface area contributed by atoms with Gasteiger partial charge in [0.2, 0.25) is 0 Å². The van der Waals surface area contributed by atoms with E-state index < -0.39 is 0 Å². The SMILES string of the molecule is Cc1sc(C(N)c2cc(Br)c(Br)s2)cc1Br. The molecule has 2 N–H and O–H groups in total. The van der Waals surface area contributed by atoms with E-state index in [0.29, 0.717) is 0 Å². The van der Waals surface area contributed by atoms with Crippen molar-refractivity contribution in [1.29, 1.82) is 0 Å². The molecule has 0 saturated heterocycles. The van der Waals surface area contributed by atoms with Crippen LogP contribution in [0.25, 0.3) is 0 Å². The molecule has 0 aliphatic heterocycles. The van der Waals surface area contributed by atoms with Gasteiger partial charge in [0.1, 0.15) is 0 Å². The summed E-state index contributed by atoms with van der Waals surface area (Å²) in [4.78, 5) is 3.61. The summed E-state index contributed by atoms with van der Waals surface area (Å²) < 4.78 is 3.29. The lowest BCUT2D eigenvalue weighted by molar-refractivity contribution is 0.916. The molecular formula is C10H8Br3NS2. The summed E-state index contributed by atoms with van der Waals surface area (Å²) in [5.41, 5.74) is 6.24. The van der Waals surface area contributed by atoms with Gasteiger partial charge < -0.3 is 5.73 Å². The first-order valence-electron chi connectivity index (χ1n) is 4.45. The van der Waals surface area contributed by atoms with Crippen molar-refractivity contribution in [2.75, 3.05) is 0 Å². The molecule has 6 heteroatoms. The predicted molar refractivity (Wildman–Crippen MR) is 82.5 cm³/mol. The lowest BCUT2D eigenvalue weighted by Crippen LogP contribution is -2.07. The third kappa shape index (κ3) is 2.62. The predicted octanol–water partition coefficient (Wildman–Crippen LogP) is 5.45. The second kappa shape index (κ2) is 5.20. The van der Waals surface area contributed by atoms with Gasteiger partial charge in [-0.3, -0.25) is 0 Å². The molecule has 0 amide bonds. The zero-order valence-corrected chi connectivity index (χ0v) is 14.7. The van der Waals surface area contributed by atoms with Gasteiger partial charge in [-0.05, 0) is 66.8 Å². The minimum absolute atomic E-state index is 0.0393. The first-order chi connectivity index (χ1) is 7.49. The molecule has 1 atom stereocenters. The number of hydrogen-bond donors (Lipinski definition) is 1. The van der Waals surface area contributed by atoms with Crippen LogP contribution >= 0.6 is 70.5 Å². The zero-order chi connectivity index (χ0) is 11.9. The molecule has 0 radical (unpaired) electrons. The number of thiophene rings is 2. The van der Waals surface area contributed by atoms with Crippen molar-refractivity contribution in [2.45, 2.75) is 13.0 Å². The van der Waals surface area contributed by atoms with E-state index >= 15 is 0 Å². The quantitative estimate of drug-likeness (QED) is 0.653. The average molecular weight is 446 g/mol. The summed E-state index contributed by atoms with van der Waals surface area (Å²) >= 11 is 13.9. The van der Waals surface area contributed by atoms with Gasteiger partial charge in [0.15, 0.2) is 0 Å². The normalized spacial score (nSPS) is 13.1. The fraction of sp³-hybridized carbons (Fsp3) is 0.200. The molecule has 2 aromatic heterocycles. The molecule has 2 rings (SSSR count). The Morgan fingerprint density at radius 1 is 1.06 bits per heavy atom. The number of aryl methyl sites for hydroxylation is 1. The Morgan fingerprint density at radius 2 is 1.62 bits per heavy atom. The topological polar surface area (TPSA) is 26.0 Å². The molecule has 2 heterocycles. The summed E-state index contributed by atoms with van der Waals surface area (Å²) in [6.07, 6.45) is 0. The van der Waals surface area contributed by atoms with Crippen LogP contribution in [0.4, 0.5) is 0 Å². The van der Waals surface area contributed by atoms with E-state index in [1.54, 1.807) is 22.7 Å². The Labute approximate surface area is 127 Å². The molecule has 0 spiro atoms. The van der Waals surface area contributed by atoms with Crippen LogP contribution in [0.3, 0.4) is 0 Å². The maximum atomic E-state index is 6.24. The minimum atomic E-state index is -0.0393. The van der Waals surface area contributed by atoms with E-state index in [1.807, 2.05) is 0 Å². The van der Waals surface area contributed by atoms with E-state index in [9.17, 15) is 0 Å². The molecule has 0 bridgehead atoms. The third-order valence-corrected chi connectivity index (χ3v) is 7.71. The highest BCUT2D eigenvalue weighted by Gasteiger charge is 2.16. The summed E-state index contributed by atoms with van der Waals surface area (Å²) in [6, 6.07) is 4.14. The highest BCUT2D eigenvalue weighted by atomic mass is 79.9. The van der Waals surface area contributed by atoms with Crippen LogP contribution in [0.1, 0.15) is 20.7 Å². The number of rotatable bonds is 2. The van der Waals surface area contributed by atoms with Gasteiger partial charge in [0, 0.05) is 23.6 Å². The molecule has 0 aliphatic carbocycles. The van der Waals surface area contributed by atoms with E-state index in [-0.39, 0.29) is 6.04 Å². The van der Waals surface area contributed by atoms with Crippen LogP contribution in [-0.4, -0.2) is 0 Å². The van der Waals surface area contributed by atoms with Crippen molar-refractivity contribution < 1.29 is 0 Å². The molecule has 1 nitrogen and oxygen atoms in total. The Bertz CT molecular complexity index is 433. The van der Waals surface area contributed by atoms with Crippen molar-refractivity contribution in [1.82, 2.24) is 0 Å². The lowest BCUT2D eigenvalue weighted by atomic mass is 10.2. The van der Waals surface area contributed by atoms with E-state index in [2.05, 4.69) is 66.8 Å². The fourth-order valence-corrected chi connectivity index (χ4v) is 5.06. The molecule has 86 valence electrons. The largest absolute Gasteiger partial charge is 0.319 e. The Morgan fingerprint density at radius 3 is 2.06 bits per heavy atom. The summed E-state index contributed by atoms with van der Waals surface area (Å²) in [7, 11) is 0. The number of nitrogens with two attached hydrogens (primary N) is 1. The molecule has 0 aromatic carbocycles. The van der Waals surface area contributed by atoms with Crippen LogP contribution in [0.5, 0.6) is 0 Å². The van der Waals surface area contributed by atoms with Gasteiger partial charge in [0.25, 0.3) is 0 Å². The number of hydrogen-bond acceptors (Lipinski definition) is 3. The Balaban J connectivity index is 2.34. The Hall–Kier alpha value is 0.800. The van der Waals surface area contributed by atoms with Crippen LogP contribution in [0.2, 0.25) is 0 Å². The first kappa shape index (κ1) is 13.2. The average Bonchev–Trinajstić information content (AvgIpc) is 2.72. The van der Waals surface area contributed by atoms with Crippen LogP contribution in [-0.2, 0) is 0 Å². The van der Waals surface area contributed by atoms with E-state index in [1.165, 1.54) is 9.75 Å². The number of halogens is 3. The van der Waals surface area contributed by atoms with Crippen molar-refractivity contribution in [3.8, 4) is 0 Å². The van der Waals surface area contributed by atoms with Crippen molar-refractivity contribution in [3.05, 3.63) is 39.5 Å². The smallest absolute Gasteiger partial charge is 0.0843 e. The monoisotopic (exact) mass is 443 g/mol. The molecule has 0 saturated carbocycles. The van der Waals surface area contributed by atoms with Gasteiger partial charge in [-0.1, -0.05) is 0 Å². The van der Waals surface area contributed by atoms with Crippen LogP contribution in [0, 0.1) is 6.92 Å². The first-order valence-corrected chi connectivity index (χ1v) is 8.46. The van der Waals surface area contributed by atoms with Crippen LogP contribution in [0.15, 0.2) is 24.9 Å². The van der Waals surface area contributed by atoms with Gasteiger partial charge in [-0.2, -0.15) is 0 Å². The lowest BCUT2D eigenvalue weighted by Gasteiger charge is -2.05. The molecule has 1 unspecified atom stereocenters. The van der Waals surface area contributed by atoms with Crippen molar-refractivity contribution in [2.24, 2.45) is 5.73 Å².